The second kappa shape index (κ2) is 9.08. The molecule has 1 amide bonds. The fourth-order valence-corrected chi connectivity index (χ4v) is 9.05. The van der Waals surface area contributed by atoms with Crippen molar-refractivity contribution in [3.63, 3.8) is 0 Å². The van der Waals surface area contributed by atoms with Crippen LogP contribution in [0.4, 0.5) is 4.79 Å². The maximum atomic E-state index is 13.8. The molecule has 1 saturated heterocycles. The standard InChI is InChI=1S/C20H31N2O6PS2/c1-6-10-22(29(30)26-12-19(2,3)13-27-29)31(25)17(21-18(23)24)15-9-7-8-14-11-20(4,5)28-16(14)15/h7-9,17,21H,6,10-13H2,1-5H3,(H,23,24)/p-1. The number of carbonyl (C=O) groups excluding carboxylic acids is 1. The Morgan fingerprint density at radius 2 is 1.97 bits per heavy atom. The van der Waals surface area contributed by atoms with Crippen LogP contribution in [0, 0.1) is 5.41 Å². The molecule has 31 heavy (non-hydrogen) atoms. The summed E-state index contributed by atoms with van der Waals surface area (Å²) in [5.41, 5.74) is 0.763. The van der Waals surface area contributed by atoms with Crippen molar-refractivity contribution < 1.29 is 27.9 Å². The first-order chi connectivity index (χ1) is 14.4. The first-order valence-corrected chi connectivity index (χ1v) is 14.0. The number of hydrogen-bond acceptors (Lipinski definition) is 7. The lowest BCUT2D eigenvalue weighted by Gasteiger charge is -2.41. The summed E-state index contributed by atoms with van der Waals surface area (Å²) >= 11 is 5.72. The summed E-state index contributed by atoms with van der Waals surface area (Å²) in [5, 5.41) is 12.7. The molecule has 174 valence electrons. The van der Waals surface area contributed by atoms with Gasteiger partial charge in [-0.15, -0.1) is 4.08 Å². The Bertz CT molecular complexity index is 909. The predicted molar refractivity (Wildman–Crippen MR) is 121 cm³/mol. The third-order valence-corrected chi connectivity index (χ3v) is 10.7. The van der Waals surface area contributed by atoms with Crippen LogP contribution in [0.2, 0.25) is 0 Å². The Hall–Kier alpha value is -1.03. The monoisotopic (exact) mass is 489 g/mol. The van der Waals surface area contributed by atoms with Crippen LogP contribution in [0.15, 0.2) is 18.2 Å². The number of nitrogens with one attached hydrogen (secondary N) is 1. The maximum Gasteiger partial charge on any atom is 0.275 e. The first kappa shape index (κ1) is 24.6. The molecule has 2 aliphatic rings. The van der Waals surface area contributed by atoms with E-state index >= 15 is 0 Å². The zero-order valence-electron chi connectivity index (χ0n) is 18.5. The SMILES string of the molecule is CCCN(S(=O)C(NC(=O)[O-])c1cccc2c1OC(C)(C)C2)P1(=S)OCC(C)(C)CO1. The first-order valence-electron chi connectivity index (χ1n) is 10.2. The van der Waals surface area contributed by atoms with E-state index in [1.807, 2.05) is 40.7 Å². The van der Waals surface area contributed by atoms with Gasteiger partial charge in [0, 0.05) is 23.9 Å². The molecule has 1 fully saturated rings. The Labute approximate surface area is 191 Å². The van der Waals surface area contributed by atoms with Crippen LogP contribution in [0.1, 0.15) is 57.5 Å². The highest BCUT2D eigenvalue weighted by Crippen LogP contribution is 2.59. The van der Waals surface area contributed by atoms with Gasteiger partial charge < -0.3 is 29.0 Å². The van der Waals surface area contributed by atoms with Gasteiger partial charge in [0.2, 0.25) is 0 Å². The van der Waals surface area contributed by atoms with Crippen molar-refractivity contribution in [2.45, 2.75) is 58.4 Å². The van der Waals surface area contributed by atoms with E-state index < -0.39 is 34.7 Å². The third kappa shape index (κ3) is 5.49. The second-order valence-electron chi connectivity index (χ2n) is 9.22. The van der Waals surface area contributed by atoms with Gasteiger partial charge in [0.25, 0.3) is 6.64 Å². The van der Waals surface area contributed by atoms with Gasteiger partial charge in [-0.05, 0) is 37.6 Å². The van der Waals surface area contributed by atoms with E-state index in [0.29, 0.717) is 43.9 Å². The van der Waals surface area contributed by atoms with Crippen molar-refractivity contribution in [3.8, 4) is 5.75 Å². The van der Waals surface area contributed by atoms with Gasteiger partial charge in [-0.25, -0.2) is 4.21 Å². The van der Waals surface area contributed by atoms with Crippen LogP contribution in [0.5, 0.6) is 5.75 Å². The molecule has 11 heteroatoms. The van der Waals surface area contributed by atoms with Gasteiger partial charge in [0.15, 0.2) is 0 Å². The number of hydrogen-bond donors (Lipinski definition) is 1. The van der Waals surface area contributed by atoms with Crippen molar-refractivity contribution >= 4 is 35.5 Å². The number of benzene rings is 1. The fourth-order valence-electron chi connectivity index (χ4n) is 3.53. The number of nitrogens with zero attached hydrogens (tertiary/aromatic N) is 1. The quantitative estimate of drug-likeness (QED) is 0.588. The van der Waals surface area contributed by atoms with Gasteiger partial charge in [-0.2, -0.15) is 0 Å². The lowest BCUT2D eigenvalue weighted by molar-refractivity contribution is -0.251. The van der Waals surface area contributed by atoms with Gasteiger partial charge in [-0.1, -0.05) is 39.0 Å². The molecule has 0 saturated carbocycles. The normalized spacial score (nSPS) is 22.9. The minimum atomic E-state index is -3.07. The van der Waals surface area contributed by atoms with Crippen molar-refractivity contribution in [1.82, 2.24) is 9.39 Å². The molecular formula is C20H30N2O6PS2-. The number of rotatable bonds is 7. The molecule has 3 rings (SSSR count). The van der Waals surface area contributed by atoms with E-state index in [1.165, 1.54) is 4.08 Å². The largest absolute Gasteiger partial charge is 0.530 e. The van der Waals surface area contributed by atoms with E-state index in [2.05, 4.69) is 5.32 Å². The molecule has 0 spiro atoms. The van der Waals surface area contributed by atoms with Crippen molar-refractivity contribution in [1.29, 1.82) is 0 Å². The van der Waals surface area contributed by atoms with Crippen molar-refractivity contribution in [3.05, 3.63) is 29.3 Å². The molecule has 0 bridgehead atoms. The van der Waals surface area contributed by atoms with E-state index in [1.54, 1.807) is 12.1 Å². The molecular weight excluding hydrogens is 459 g/mol. The molecule has 1 N–H and O–H groups in total. The Morgan fingerprint density at radius 3 is 2.55 bits per heavy atom. The minimum absolute atomic E-state index is 0.204. The molecule has 0 aliphatic carbocycles. The average molecular weight is 490 g/mol. The van der Waals surface area contributed by atoms with Crippen LogP contribution in [-0.2, 0) is 38.3 Å². The molecule has 0 radical (unpaired) electrons. The van der Waals surface area contributed by atoms with Crippen LogP contribution in [0.3, 0.4) is 0 Å². The maximum absolute atomic E-state index is 13.8. The summed E-state index contributed by atoms with van der Waals surface area (Å²) < 4.78 is 33.3. The number of para-hydroxylation sites is 1. The van der Waals surface area contributed by atoms with Crippen LogP contribution in [-0.4, -0.2) is 39.7 Å². The molecule has 1 aromatic rings. The van der Waals surface area contributed by atoms with Crippen molar-refractivity contribution in [2.75, 3.05) is 19.8 Å². The number of fused-ring (bicyclic) bond motifs is 1. The van der Waals surface area contributed by atoms with E-state index in [-0.39, 0.29) is 5.41 Å². The molecule has 2 aliphatic heterocycles. The summed E-state index contributed by atoms with van der Waals surface area (Å²) in [6.07, 6.45) is -0.235. The van der Waals surface area contributed by atoms with Crippen LogP contribution < -0.4 is 15.2 Å². The average Bonchev–Trinajstić information content (AvgIpc) is 3.00. The summed E-state index contributed by atoms with van der Waals surface area (Å²) in [7, 11) is -1.93. The summed E-state index contributed by atoms with van der Waals surface area (Å²) in [4.78, 5) is 11.5. The highest BCUT2D eigenvalue weighted by atomic mass is 32.5. The topological polar surface area (TPSA) is 100 Å². The number of ether oxygens (including phenoxy) is 1. The predicted octanol–water partition coefficient (Wildman–Crippen LogP) is 3.00. The lowest BCUT2D eigenvalue weighted by atomic mass is 9.97. The molecule has 0 aromatic heterocycles. The van der Waals surface area contributed by atoms with Gasteiger partial charge in [-0.3, -0.25) is 0 Å². The third-order valence-electron chi connectivity index (χ3n) is 4.99. The summed E-state index contributed by atoms with van der Waals surface area (Å²) in [6, 6.07) is 5.44. The lowest BCUT2D eigenvalue weighted by Crippen LogP contribution is -2.44. The molecule has 8 nitrogen and oxygen atoms in total. The Kier molecular flexibility index (Phi) is 7.21. The highest BCUT2D eigenvalue weighted by Gasteiger charge is 2.43. The second-order valence-corrected chi connectivity index (χ2v) is 14.3. The van der Waals surface area contributed by atoms with E-state index in [4.69, 9.17) is 25.6 Å². The molecule has 1 aromatic carbocycles. The van der Waals surface area contributed by atoms with Crippen LogP contribution in [0.25, 0.3) is 0 Å². The van der Waals surface area contributed by atoms with Gasteiger partial charge >= 0.3 is 0 Å². The van der Waals surface area contributed by atoms with Gasteiger partial charge in [0.1, 0.15) is 33.8 Å². The molecule has 2 unspecified atom stereocenters. The zero-order chi connectivity index (χ0) is 23.0. The molecule has 2 atom stereocenters. The van der Waals surface area contributed by atoms with Gasteiger partial charge in [0.05, 0.1) is 13.2 Å². The Balaban J connectivity index is 1.99. The smallest absolute Gasteiger partial charge is 0.275 e. The summed E-state index contributed by atoms with van der Waals surface area (Å²) in [5.74, 6) is 0.541. The van der Waals surface area contributed by atoms with Crippen LogP contribution >= 0.6 is 6.64 Å². The summed E-state index contributed by atoms with van der Waals surface area (Å²) in [6.45, 7) is 7.84. The number of carboxylic acid groups (broad SMARTS) is 1. The minimum Gasteiger partial charge on any atom is -0.530 e. The molecule has 2 heterocycles. The fraction of sp³-hybridized carbons (Fsp3) is 0.650. The highest BCUT2D eigenvalue weighted by molar-refractivity contribution is 8.12. The van der Waals surface area contributed by atoms with Crippen molar-refractivity contribution in [2.24, 2.45) is 5.41 Å². The number of carbonyl (C=O) groups is 1. The zero-order valence-corrected chi connectivity index (χ0v) is 21.0. The Morgan fingerprint density at radius 1 is 1.32 bits per heavy atom. The van der Waals surface area contributed by atoms with E-state index in [0.717, 1.165) is 5.56 Å². The number of amides is 1. The van der Waals surface area contributed by atoms with E-state index in [9.17, 15) is 14.1 Å².